The number of fused-ring (bicyclic) bond motifs is 1. The summed E-state index contributed by atoms with van der Waals surface area (Å²) in [7, 11) is 1.67. The molecular formula is C44H49N7O7. The quantitative estimate of drug-likeness (QED) is 0.0999. The third-order valence-corrected chi connectivity index (χ3v) is 9.89. The minimum atomic E-state index is -1.16. The van der Waals surface area contributed by atoms with E-state index in [1.54, 1.807) is 25.2 Å². The molecule has 4 aromatic carbocycles. The van der Waals surface area contributed by atoms with Gasteiger partial charge in [-0.2, -0.15) is 0 Å². The van der Waals surface area contributed by atoms with Gasteiger partial charge < -0.3 is 35.6 Å². The van der Waals surface area contributed by atoms with Crippen LogP contribution in [0, 0.1) is 5.92 Å². The summed E-state index contributed by atoms with van der Waals surface area (Å²) in [5.74, 6) is -0.570. The number of para-hydroxylation sites is 1. The van der Waals surface area contributed by atoms with Gasteiger partial charge in [0.2, 0.25) is 12.1 Å². The van der Waals surface area contributed by atoms with Crippen LogP contribution in [0.5, 0.6) is 5.75 Å². The number of nitrogens with zero attached hydrogens (tertiary/aromatic N) is 3. The SMILES string of the molecule is CC(=O)OCC(=O)NCCCOc1cccc(CN2CCC(C(=O)NCc3cccc(NC(=O)N[C@@H]4N=C(c5ccccc5)c5ccccc5N(C)C4=O)c3)CC2)c1. The molecule has 1 saturated heterocycles. The second kappa shape index (κ2) is 20.1. The minimum Gasteiger partial charge on any atom is -0.494 e. The predicted octanol–water partition coefficient (Wildman–Crippen LogP) is 4.62. The van der Waals surface area contributed by atoms with Crippen LogP contribution in [-0.4, -0.2) is 86.4 Å². The first-order valence-electron chi connectivity index (χ1n) is 19.4. The van der Waals surface area contributed by atoms with Crippen LogP contribution >= 0.6 is 0 Å². The van der Waals surface area contributed by atoms with Crippen molar-refractivity contribution in [3.8, 4) is 5.75 Å². The molecule has 58 heavy (non-hydrogen) atoms. The number of carbonyl (C=O) groups is 5. The van der Waals surface area contributed by atoms with E-state index >= 15 is 0 Å². The molecule has 0 aliphatic carbocycles. The van der Waals surface area contributed by atoms with Gasteiger partial charge in [-0.15, -0.1) is 0 Å². The number of hydrogen-bond acceptors (Lipinski definition) is 9. The maximum absolute atomic E-state index is 13.5. The number of aliphatic imine (C=N–C) groups is 1. The van der Waals surface area contributed by atoms with Gasteiger partial charge >= 0.3 is 12.0 Å². The number of rotatable bonds is 15. The molecule has 0 unspecified atom stereocenters. The van der Waals surface area contributed by atoms with E-state index in [4.69, 9.17) is 9.73 Å². The standard InChI is InChI=1S/C44H49N7O7/c1-30(52)58-29-39(53)45-21-10-24-57-36-16-9-12-32(26-36)28-51-22-19-34(20-23-51)42(54)46-27-31-11-8-15-35(25-31)47-44(56)49-41-43(55)50(2)38-18-7-6-17-37(38)40(48-41)33-13-4-3-5-14-33/h3-9,11-18,25-26,34,41H,10,19-24,27-29H2,1-2H3,(H,45,53)(H,46,54)(H2,47,49,56)/t41-/m0/s1. The van der Waals surface area contributed by atoms with Gasteiger partial charge in [-0.1, -0.05) is 72.8 Å². The fourth-order valence-corrected chi connectivity index (χ4v) is 6.88. The Morgan fingerprint density at radius 2 is 1.59 bits per heavy atom. The average molecular weight is 788 g/mol. The highest BCUT2D eigenvalue weighted by molar-refractivity contribution is 6.20. The zero-order valence-electron chi connectivity index (χ0n) is 32.7. The van der Waals surface area contributed by atoms with Gasteiger partial charge in [0, 0.05) is 56.3 Å². The number of likely N-dealkylation sites (tertiary alicyclic amines) is 1. The van der Waals surface area contributed by atoms with Crippen LogP contribution in [0.3, 0.4) is 0 Å². The third-order valence-electron chi connectivity index (χ3n) is 9.89. The zero-order valence-corrected chi connectivity index (χ0v) is 32.7. The maximum atomic E-state index is 13.5. The highest BCUT2D eigenvalue weighted by atomic mass is 16.5. The summed E-state index contributed by atoms with van der Waals surface area (Å²) in [6.45, 7) is 4.43. The fourth-order valence-electron chi connectivity index (χ4n) is 6.88. The first-order valence-corrected chi connectivity index (χ1v) is 19.4. The molecule has 0 spiro atoms. The topological polar surface area (TPSA) is 171 Å². The number of hydrogen-bond donors (Lipinski definition) is 4. The number of benzodiazepines with no additional fused rings is 1. The van der Waals surface area contributed by atoms with Crippen molar-refractivity contribution < 1.29 is 33.4 Å². The van der Waals surface area contributed by atoms with E-state index in [-0.39, 0.29) is 30.2 Å². The van der Waals surface area contributed by atoms with E-state index in [1.807, 2.05) is 78.9 Å². The van der Waals surface area contributed by atoms with Gasteiger partial charge in [0.05, 0.1) is 18.0 Å². The molecule has 0 radical (unpaired) electrons. The Hall–Kier alpha value is -6.54. The molecule has 302 valence electrons. The maximum Gasteiger partial charge on any atom is 0.321 e. The van der Waals surface area contributed by atoms with Crippen molar-refractivity contribution in [1.82, 2.24) is 20.9 Å². The van der Waals surface area contributed by atoms with Crippen molar-refractivity contribution in [2.75, 3.05) is 50.1 Å². The monoisotopic (exact) mass is 787 g/mol. The molecule has 0 bridgehead atoms. The number of nitrogens with one attached hydrogen (secondary N) is 4. The number of likely N-dealkylation sites (N-methyl/N-ethyl adjacent to an activating group) is 1. The zero-order chi connectivity index (χ0) is 40.9. The highest BCUT2D eigenvalue weighted by Gasteiger charge is 2.31. The summed E-state index contributed by atoms with van der Waals surface area (Å²) < 4.78 is 10.5. The first kappa shape index (κ1) is 41.1. The molecule has 4 aromatic rings. The van der Waals surface area contributed by atoms with Crippen LogP contribution in [0.2, 0.25) is 0 Å². The van der Waals surface area contributed by atoms with Crippen LogP contribution in [0.25, 0.3) is 0 Å². The summed E-state index contributed by atoms with van der Waals surface area (Å²) in [5.41, 5.74) is 5.36. The van der Waals surface area contributed by atoms with Gasteiger partial charge in [-0.05, 0) is 73.8 Å². The van der Waals surface area contributed by atoms with E-state index in [2.05, 4.69) is 37.0 Å². The summed E-state index contributed by atoms with van der Waals surface area (Å²) in [6, 6.07) is 31.6. The van der Waals surface area contributed by atoms with Crippen molar-refractivity contribution in [3.63, 3.8) is 0 Å². The molecule has 6 rings (SSSR count). The lowest BCUT2D eigenvalue weighted by atomic mass is 9.95. The number of amides is 5. The molecule has 2 heterocycles. The molecule has 1 atom stereocenters. The molecular weight excluding hydrogens is 739 g/mol. The summed E-state index contributed by atoms with van der Waals surface area (Å²) in [5, 5.41) is 11.3. The average Bonchev–Trinajstić information content (AvgIpc) is 3.33. The second-order valence-corrected chi connectivity index (χ2v) is 14.2. The molecule has 2 aliphatic rings. The molecule has 2 aliphatic heterocycles. The van der Waals surface area contributed by atoms with Crippen molar-refractivity contribution in [3.05, 3.63) is 125 Å². The van der Waals surface area contributed by atoms with Crippen LogP contribution in [0.1, 0.15) is 48.4 Å². The highest BCUT2D eigenvalue weighted by Crippen LogP contribution is 2.27. The number of piperidine rings is 1. The fraction of sp³-hybridized carbons (Fsp3) is 0.318. The lowest BCUT2D eigenvalue weighted by Gasteiger charge is -2.31. The number of esters is 1. The molecule has 4 N–H and O–H groups in total. The van der Waals surface area contributed by atoms with Gasteiger partial charge in [0.15, 0.2) is 6.61 Å². The lowest BCUT2D eigenvalue weighted by molar-refractivity contribution is -0.146. The van der Waals surface area contributed by atoms with Gasteiger partial charge in [0.1, 0.15) is 5.75 Å². The number of ether oxygens (including phenoxy) is 2. The summed E-state index contributed by atoms with van der Waals surface area (Å²) in [6.07, 6.45) is 0.922. The van der Waals surface area contributed by atoms with E-state index in [0.29, 0.717) is 43.2 Å². The molecule has 1 fully saturated rings. The van der Waals surface area contributed by atoms with Crippen molar-refractivity contribution in [2.24, 2.45) is 10.9 Å². The minimum absolute atomic E-state index is 0.00204. The molecule has 0 aromatic heterocycles. The Balaban J connectivity index is 0.938. The Labute approximate surface area is 338 Å². The lowest BCUT2D eigenvalue weighted by Crippen LogP contribution is -2.47. The van der Waals surface area contributed by atoms with Gasteiger partial charge in [-0.3, -0.25) is 24.1 Å². The molecule has 5 amide bonds. The van der Waals surface area contributed by atoms with Crippen molar-refractivity contribution >= 4 is 46.8 Å². The van der Waals surface area contributed by atoms with E-state index in [1.165, 1.54) is 11.8 Å². The van der Waals surface area contributed by atoms with Gasteiger partial charge in [-0.25, -0.2) is 9.79 Å². The van der Waals surface area contributed by atoms with E-state index in [9.17, 15) is 24.0 Å². The van der Waals surface area contributed by atoms with Crippen molar-refractivity contribution in [2.45, 2.75) is 45.4 Å². The van der Waals surface area contributed by atoms with Crippen LogP contribution in [-0.2, 0) is 37.0 Å². The van der Waals surface area contributed by atoms with E-state index in [0.717, 1.165) is 60.5 Å². The Bertz CT molecular complexity index is 2120. The largest absolute Gasteiger partial charge is 0.494 e. The molecule has 14 heteroatoms. The number of urea groups is 1. The van der Waals surface area contributed by atoms with Crippen LogP contribution < -0.4 is 30.9 Å². The smallest absolute Gasteiger partial charge is 0.321 e. The predicted molar refractivity (Wildman–Crippen MR) is 220 cm³/mol. The Morgan fingerprint density at radius 3 is 2.38 bits per heavy atom. The number of anilines is 2. The molecule has 0 saturated carbocycles. The Morgan fingerprint density at radius 1 is 0.845 bits per heavy atom. The van der Waals surface area contributed by atoms with Crippen LogP contribution in [0.15, 0.2) is 108 Å². The van der Waals surface area contributed by atoms with Gasteiger partial charge in [0.25, 0.3) is 11.8 Å². The number of carbonyl (C=O) groups excluding carboxylic acids is 5. The van der Waals surface area contributed by atoms with E-state index < -0.39 is 18.2 Å². The van der Waals surface area contributed by atoms with Crippen molar-refractivity contribution in [1.29, 1.82) is 0 Å². The number of benzene rings is 4. The first-order chi connectivity index (χ1) is 28.1. The van der Waals surface area contributed by atoms with Crippen LogP contribution in [0.4, 0.5) is 16.2 Å². The third kappa shape index (κ3) is 11.5. The summed E-state index contributed by atoms with van der Waals surface area (Å²) >= 11 is 0. The summed E-state index contributed by atoms with van der Waals surface area (Å²) in [4.78, 5) is 71.0. The normalized spacial score (nSPS) is 15.6. The molecule has 14 nitrogen and oxygen atoms in total. The second-order valence-electron chi connectivity index (χ2n) is 14.2. The Kier molecular flexibility index (Phi) is 14.2.